The van der Waals surface area contributed by atoms with Crippen LogP contribution in [-0.2, 0) is 0 Å². The summed E-state index contributed by atoms with van der Waals surface area (Å²) in [6.45, 7) is 6.43. The molecule has 0 unspecified atom stereocenters. The molecule has 5 heteroatoms. The summed E-state index contributed by atoms with van der Waals surface area (Å²) in [5.74, 6) is 0.769. The lowest BCUT2D eigenvalue weighted by Gasteiger charge is -2.29. The summed E-state index contributed by atoms with van der Waals surface area (Å²) in [5.41, 5.74) is 3.51. The lowest BCUT2D eigenvalue weighted by molar-refractivity contribution is 0.577. The largest absolute Gasteiger partial charge is 0.372 e. The number of hydrogen-bond donors (Lipinski definition) is 2. The van der Waals surface area contributed by atoms with Crippen LogP contribution in [-0.4, -0.2) is 23.2 Å². The zero-order valence-electron chi connectivity index (χ0n) is 15.0. The minimum atomic E-state index is 0.139. The Morgan fingerprint density at radius 3 is 2.48 bits per heavy atom. The van der Waals surface area contributed by atoms with E-state index in [4.69, 9.17) is 12.2 Å². The second-order valence-corrected chi connectivity index (χ2v) is 7.03. The zero-order valence-corrected chi connectivity index (χ0v) is 15.8. The number of aryl methyl sites for hydroxylation is 1. The Morgan fingerprint density at radius 1 is 1.08 bits per heavy atom. The van der Waals surface area contributed by atoms with Crippen LogP contribution in [0.2, 0.25) is 0 Å². The average Bonchev–Trinajstić information content (AvgIpc) is 2.62. The van der Waals surface area contributed by atoms with Gasteiger partial charge in [0.15, 0.2) is 5.11 Å². The topological polar surface area (TPSA) is 40.2 Å². The van der Waals surface area contributed by atoms with Crippen molar-refractivity contribution in [2.24, 2.45) is 0 Å². The predicted octanol–water partition coefficient (Wildman–Crippen LogP) is 4.43. The van der Waals surface area contributed by atoms with E-state index in [9.17, 15) is 0 Å². The van der Waals surface area contributed by atoms with E-state index in [1.807, 2.05) is 25.1 Å². The van der Waals surface area contributed by atoms with Gasteiger partial charge in [-0.25, -0.2) is 4.98 Å². The predicted molar refractivity (Wildman–Crippen MR) is 109 cm³/mol. The summed E-state index contributed by atoms with van der Waals surface area (Å²) in [6.07, 6.45) is 3.95. The van der Waals surface area contributed by atoms with Crippen LogP contribution in [0.1, 0.15) is 43.5 Å². The monoisotopic (exact) mass is 354 g/mol. The zero-order chi connectivity index (χ0) is 17.6. The van der Waals surface area contributed by atoms with Crippen LogP contribution in [0, 0.1) is 6.92 Å². The highest BCUT2D eigenvalue weighted by atomic mass is 32.1. The molecule has 0 saturated carbocycles. The van der Waals surface area contributed by atoms with Crippen LogP contribution in [0.3, 0.4) is 0 Å². The van der Waals surface area contributed by atoms with Gasteiger partial charge in [0.1, 0.15) is 5.82 Å². The van der Waals surface area contributed by atoms with Gasteiger partial charge < -0.3 is 15.5 Å². The Kier molecular flexibility index (Phi) is 5.87. The molecule has 1 aromatic heterocycles. The van der Waals surface area contributed by atoms with Crippen molar-refractivity contribution in [3.63, 3.8) is 0 Å². The summed E-state index contributed by atoms with van der Waals surface area (Å²) in [7, 11) is 0. The number of rotatable bonds is 4. The third-order valence-corrected chi connectivity index (χ3v) is 4.81. The summed E-state index contributed by atoms with van der Waals surface area (Å²) in [5, 5.41) is 7.07. The number of piperidine rings is 1. The van der Waals surface area contributed by atoms with E-state index in [1.165, 1.54) is 43.6 Å². The van der Waals surface area contributed by atoms with Crippen molar-refractivity contribution >= 4 is 28.8 Å². The Hall–Kier alpha value is -2.14. The van der Waals surface area contributed by atoms with E-state index in [0.29, 0.717) is 5.11 Å². The lowest BCUT2D eigenvalue weighted by atomic mass is 10.1. The van der Waals surface area contributed by atoms with Crippen LogP contribution < -0.4 is 15.5 Å². The molecule has 132 valence electrons. The highest BCUT2D eigenvalue weighted by molar-refractivity contribution is 7.80. The molecule has 1 aliphatic heterocycles. The minimum absolute atomic E-state index is 0.139. The molecule has 25 heavy (non-hydrogen) atoms. The Bertz CT molecular complexity index is 708. The highest BCUT2D eigenvalue weighted by Gasteiger charge is 2.12. The first-order chi connectivity index (χ1) is 12.1. The molecule has 2 heterocycles. The van der Waals surface area contributed by atoms with Gasteiger partial charge in [0.05, 0.1) is 6.04 Å². The van der Waals surface area contributed by atoms with E-state index in [2.05, 4.69) is 51.7 Å². The number of pyridine rings is 1. The number of thiocarbonyl (C=S) groups is 1. The fraction of sp³-hybridized carbons (Fsp3) is 0.400. The normalized spacial score (nSPS) is 15.5. The van der Waals surface area contributed by atoms with E-state index in [1.54, 1.807) is 0 Å². The van der Waals surface area contributed by atoms with Crippen molar-refractivity contribution in [3.8, 4) is 0 Å². The molecular formula is C20H26N4S. The van der Waals surface area contributed by atoms with Gasteiger partial charge in [0, 0.05) is 24.5 Å². The summed E-state index contributed by atoms with van der Waals surface area (Å²) in [6, 6.07) is 14.8. The molecule has 1 aromatic carbocycles. The number of anilines is 2. The number of hydrogen-bond acceptors (Lipinski definition) is 3. The van der Waals surface area contributed by atoms with Crippen LogP contribution in [0.5, 0.6) is 0 Å². The van der Waals surface area contributed by atoms with Gasteiger partial charge >= 0.3 is 0 Å². The van der Waals surface area contributed by atoms with Crippen LogP contribution in [0.4, 0.5) is 11.5 Å². The van der Waals surface area contributed by atoms with Crippen molar-refractivity contribution < 1.29 is 0 Å². The maximum absolute atomic E-state index is 5.41. The second-order valence-electron chi connectivity index (χ2n) is 6.62. The second kappa shape index (κ2) is 8.30. The van der Waals surface area contributed by atoms with E-state index in [0.717, 1.165) is 11.5 Å². The third kappa shape index (κ3) is 4.92. The van der Waals surface area contributed by atoms with E-state index < -0.39 is 0 Å². The quantitative estimate of drug-likeness (QED) is 0.795. The Morgan fingerprint density at radius 2 is 1.80 bits per heavy atom. The number of nitrogens with zero attached hydrogens (tertiary/aromatic N) is 2. The molecule has 1 saturated heterocycles. The van der Waals surface area contributed by atoms with Crippen molar-refractivity contribution in [2.45, 2.75) is 39.2 Å². The number of benzene rings is 1. The maximum Gasteiger partial charge on any atom is 0.172 e. The summed E-state index contributed by atoms with van der Waals surface area (Å²) < 4.78 is 0. The van der Waals surface area contributed by atoms with Gasteiger partial charge in [-0.2, -0.15) is 0 Å². The molecule has 4 nitrogen and oxygen atoms in total. The first-order valence-electron chi connectivity index (χ1n) is 8.98. The number of aromatic nitrogens is 1. The number of nitrogens with one attached hydrogen (secondary N) is 2. The van der Waals surface area contributed by atoms with E-state index >= 15 is 0 Å². The summed E-state index contributed by atoms with van der Waals surface area (Å²) in [4.78, 5) is 6.89. The van der Waals surface area contributed by atoms with Gasteiger partial charge in [-0.3, -0.25) is 0 Å². The third-order valence-electron chi connectivity index (χ3n) is 4.59. The van der Waals surface area contributed by atoms with Gasteiger partial charge in [-0.15, -0.1) is 0 Å². The van der Waals surface area contributed by atoms with Crippen LogP contribution in [0.15, 0.2) is 42.5 Å². The maximum atomic E-state index is 5.41. The van der Waals surface area contributed by atoms with Gasteiger partial charge in [0.25, 0.3) is 0 Å². The molecule has 0 amide bonds. The molecule has 2 aromatic rings. The SMILES string of the molecule is Cc1cccc(NC(=S)N[C@@H](C)c2ccc(N3CCCCC3)cc2)n1. The molecule has 0 bridgehead atoms. The molecule has 0 spiro atoms. The molecule has 0 radical (unpaired) electrons. The molecule has 2 N–H and O–H groups in total. The van der Waals surface area contributed by atoms with Gasteiger partial charge in [0.2, 0.25) is 0 Å². The van der Waals surface area contributed by atoms with Gasteiger partial charge in [-0.1, -0.05) is 18.2 Å². The fourth-order valence-corrected chi connectivity index (χ4v) is 3.45. The van der Waals surface area contributed by atoms with Crippen LogP contribution in [0.25, 0.3) is 0 Å². The molecule has 1 atom stereocenters. The van der Waals surface area contributed by atoms with Crippen molar-refractivity contribution in [1.29, 1.82) is 0 Å². The molecule has 1 aliphatic rings. The molecular weight excluding hydrogens is 328 g/mol. The lowest BCUT2D eigenvalue weighted by Crippen LogP contribution is -2.31. The van der Waals surface area contributed by atoms with Crippen LogP contribution >= 0.6 is 12.2 Å². The Balaban J connectivity index is 1.57. The molecule has 3 rings (SSSR count). The standard InChI is InChI=1S/C20H26N4S/c1-15-7-6-8-19(21-15)23-20(25)22-16(2)17-9-11-18(12-10-17)24-13-4-3-5-14-24/h6-12,16H,3-5,13-14H2,1-2H3,(H2,21,22,23,25)/t16-/m0/s1. The first-order valence-corrected chi connectivity index (χ1v) is 9.39. The average molecular weight is 355 g/mol. The smallest absolute Gasteiger partial charge is 0.172 e. The summed E-state index contributed by atoms with van der Waals surface area (Å²) >= 11 is 5.41. The Labute approximate surface area is 155 Å². The van der Waals surface area contributed by atoms with E-state index in [-0.39, 0.29) is 6.04 Å². The first kappa shape index (κ1) is 17.7. The fourth-order valence-electron chi connectivity index (χ4n) is 3.17. The minimum Gasteiger partial charge on any atom is -0.372 e. The van der Waals surface area contributed by atoms with Crippen molar-refractivity contribution in [1.82, 2.24) is 10.3 Å². The van der Waals surface area contributed by atoms with Crippen molar-refractivity contribution in [2.75, 3.05) is 23.3 Å². The van der Waals surface area contributed by atoms with Crippen molar-refractivity contribution in [3.05, 3.63) is 53.7 Å². The molecule has 1 fully saturated rings. The highest BCUT2D eigenvalue weighted by Crippen LogP contribution is 2.22. The van der Waals surface area contributed by atoms with Gasteiger partial charge in [-0.05, 0) is 75.2 Å². The molecule has 0 aliphatic carbocycles.